The van der Waals surface area contributed by atoms with Crippen LogP contribution in [0.5, 0.6) is 17.2 Å². The van der Waals surface area contributed by atoms with Crippen molar-refractivity contribution < 1.29 is 33.3 Å². The minimum absolute atomic E-state index is 0.0275. The van der Waals surface area contributed by atoms with Gasteiger partial charge < -0.3 is 19.3 Å². The Balaban J connectivity index is 2.12. The van der Waals surface area contributed by atoms with E-state index in [0.29, 0.717) is 0 Å². The highest BCUT2D eigenvalue weighted by Crippen LogP contribution is 2.30. The molecule has 1 aromatic heterocycles. The molecule has 3 atom stereocenters. The Morgan fingerprint density at radius 1 is 1.18 bits per heavy atom. The van der Waals surface area contributed by atoms with Crippen LogP contribution in [0.1, 0.15) is 57.4 Å². The van der Waals surface area contributed by atoms with E-state index in [1.54, 1.807) is 13.8 Å². The second-order valence-electron chi connectivity index (χ2n) is 8.14. The van der Waals surface area contributed by atoms with Gasteiger partial charge in [0, 0.05) is 29.8 Å². The van der Waals surface area contributed by atoms with Crippen molar-refractivity contribution in [2.24, 2.45) is 11.8 Å². The number of carbonyl (C=O) groups excluding carboxylic acids is 2. The molecular formula is C25H31ClFNO6. The molecule has 9 heteroatoms. The Morgan fingerprint density at radius 3 is 2.44 bits per heavy atom. The predicted octanol–water partition coefficient (Wildman–Crippen LogP) is 5.61. The number of ether oxygens (including phenoxy) is 3. The largest absolute Gasteiger partial charge is 0.503 e. The van der Waals surface area contributed by atoms with Gasteiger partial charge in [0.15, 0.2) is 23.0 Å². The first-order valence-electron chi connectivity index (χ1n) is 11.2. The number of ketones is 1. The van der Waals surface area contributed by atoms with Crippen LogP contribution in [-0.2, 0) is 9.53 Å². The number of pyridine rings is 1. The number of hydrogen-bond donors (Lipinski definition) is 1. The first-order valence-corrected chi connectivity index (χ1v) is 11.6. The summed E-state index contributed by atoms with van der Waals surface area (Å²) >= 11 is 5.95. The van der Waals surface area contributed by atoms with Crippen LogP contribution in [0, 0.1) is 17.7 Å². The Hall–Kier alpha value is -2.87. The zero-order valence-electron chi connectivity index (χ0n) is 20.0. The fourth-order valence-electron chi connectivity index (χ4n) is 3.71. The number of rotatable bonds is 12. The molecule has 0 aliphatic carbocycles. The van der Waals surface area contributed by atoms with Gasteiger partial charge in [-0.25, -0.2) is 9.37 Å². The lowest BCUT2D eigenvalue weighted by molar-refractivity contribution is -0.158. The molecule has 1 heterocycles. The summed E-state index contributed by atoms with van der Waals surface area (Å²) in [6.07, 6.45) is 1.40. The molecule has 0 spiro atoms. The van der Waals surface area contributed by atoms with Crippen molar-refractivity contribution in [3.8, 4) is 17.2 Å². The molecule has 1 N–H and O–H groups in total. The van der Waals surface area contributed by atoms with Gasteiger partial charge in [-0.1, -0.05) is 32.4 Å². The zero-order chi connectivity index (χ0) is 25.4. The van der Waals surface area contributed by atoms with E-state index in [0.717, 1.165) is 12.8 Å². The van der Waals surface area contributed by atoms with Gasteiger partial charge in [0.1, 0.15) is 23.8 Å². The average molecular weight is 496 g/mol. The standard InChI is InChI=1S/C25H31ClFNO6/c1-6-16(7-2)24(34-19-12-17(26)11-18(27)13-19)15(4)33-25(31)14(3)10-20(29)22-23(30)21(32-5)8-9-28-22/h8-9,11-16,24,30H,6-7,10H2,1-5H3/t14-,15+,24+/m1/s1. The summed E-state index contributed by atoms with van der Waals surface area (Å²) in [6.45, 7) is 7.24. The molecule has 0 saturated heterocycles. The van der Waals surface area contributed by atoms with Gasteiger partial charge in [0.05, 0.1) is 13.0 Å². The van der Waals surface area contributed by atoms with Crippen LogP contribution in [0.4, 0.5) is 4.39 Å². The smallest absolute Gasteiger partial charge is 0.309 e. The monoisotopic (exact) mass is 495 g/mol. The van der Waals surface area contributed by atoms with Crippen molar-refractivity contribution >= 4 is 23.4 Å². The predicted molar refractivity (Wildman–Crippen MR) is 126 cm³/mol. The van der Waals surface area contributed by atoms with Gasteiger partial charge in [-0.2, -0.15) is 0 Å². The Labute approximate surface area is 204 Å². The topological polar surface area (TPSA) is 95.0 Å². The zero-order valence-corrected chi connectivity index (χ0v) is 20.8. The number of esters is 1. The minimum Gasteiger partial charge on any atom is -0.503 e. The summed E-state index contributed by atoms with van der Waals surface area (Å²) in [4.78, 5) is 29.3. The quantitative estimate of drug-likeness (QED) is 0.302. The van der Waals surface area contributed by atoms with E-state index in [1.807, 2.05) is 13.8 Å². The van der Waals surface area contributed by atoms with Gasteiger partial charge in [-0.15, -0.1) is 0 Å². The first kappa shape index (κ1) is 27.4. The van der Waals surface area contributed by atoms with Crippen molar-refractivity contribution in [2.45, 2.75) is 59.2 Å². The minimum atomic E-state index is -0.798. The lowest BCUT2D eigenvalue weighted by Crippen LogP contribution is -2.40. The molecule has 34 heavy (non-hydrogen) atoms. The third-order valence-corrected chi connectivity index (χ3v) is 5.87. The average Bonchev–Trinajstić information content (AvgIpc) is 2.78. The Morgan fingerprint density at radius 2 is 1.85 bits per heavy atom. The molecule has 0 fully saturated rings. The molecule has 0 aliphatic rings. The van der Waals surface area contributed by atoms with Crippen molar-refractivity contribution in [1.82, 2.24) is 4.98 Å². The molecule has 1 aromatic carbocycles. The number of aromatic hydroxyl groups is 1. The number of methoxy groups -OCH3 is 1. The van der Waals surface area contributed by atoms with E-state index in [4.69, 9.17) is 25.8 Å². The van der Waals surface area contributed by atoms with Gasteiger partial charge in [-0.05, 0) is 37.8 Å². The molecule has 0 amide bonds. The van der Waals surface area contributed by atoms with Crippen LogP contribution in [-0.4, -0.2) is 41.2 Å². The van der Waals surface area contributed by atoms with E-state index >= 15 is 0 Å². The Bertz CT molecular complexity index is 977. The maximum atomic E-state index is 13.8. The summed E-state index contributed by atoms with van der Waals surface area (Å²) < 4.78 is 30.5. The lowest BCUT2D eigenvalue weighted by atomic mass is 9.92. The van der Waals surface area contributed by atoms with E-state index < -0.39 is 35.7 Å². The van der Waals surface area contributed by atoms with E-state index in [1.165, 1.54) is 37.6 Å². The number of aromatic nitrogens is 1. The lowest BCUT2D eigenvalue weighted by Gasteiger charge is -2.31. The summed E-state index contributed by atoms with van der Waals surface area (Å²) in [6, 6.07) is 5.33. The third-order valence-electron chi connectivity index (χ3n) is 5.65. The van der Waals surface area contributed by atoms with Gasteiger partial charge in [0.2, 0.25) is 0 Å². The van der Waals surface area contributed by atoms with E-state index in [9.17, 15) is 19.1 Å². The second kappa shape index (κ2) is 12.6. The normalized spacial score (nSPS) is 13.8. The van der Waals surface area contributed by atoms with Crippen molar-refractivity contribution in [1.29, 1.82) is 0 Å². The number of carbonyl (C=O) groups is 2. The number of Topliss-reactive ketones (excluding diaryl/α,β-unsaturated/α-hetero) is 1. The van der Waals surface area contributed by atoms with Crippen LogP contribution in [0.25, 0.3) is 0 Å². The number of nitrogens with zero attached hydrogens (tertiary/aromatic N) is 1. The number of benzene rings is 1. The Kier molecular flexibility index (Phi) is 10.1. The van der Waals surface area contributed by atoms with Gasteiger partial charge in [0.25, 0.3) is 0 Å². The summed E-state index contributed by atoms with van der Waals surface area (Å²) in [5.41, 5.74) is -0.173. The number of halogens is 2. The summed E-state index contributed by atoms with van der Waals surface area (Å²) in [7, 11) is 1.36. The van der Waals surface area contributed by atoms with Crippen molar-refractivity contribution in [3.63, 3.8) is 0 Å². The van der Waals surface area contributed by atoms with Gasteiger partial charge in [-0.3, -0.25) is 9.59 Å². The molecule has 7 nitrogen and oxygen atoms in total. The molecule has 0 bridgehead atoms. The molecule has 2 aromatic rings. The van der Waals surface area contributed by atoms with Crippen LogP contribution >= 0.6 is 11.6 Å². The van der Waals surface area contributed by atoms with Crippen LogP contribution in [0.3, 0.4) is 0 Å². The molecule has 186 valence electrons. The first-order chi connectivity index (χ1) is 16.1. The summed E-state index contributed by atoms with van der Waals surface area (Å²) in [5, 5.41) is 10.3. The number of hydrogen-bond acceptors (Lipinski definition) is 7. The third kappa shape index (κ3) is 7.06. The highest BCUT2D eigenvalue weighted by Gasteiger charge is 2.32. The molecule has 2 rings (SSSR count). The molecule has 0 radical (unpaired) electrons. The maximum absolute atomic E-state index is 13.8. The molecule has 0 saturated carbocycles. The fraction of sp³-hybridized carbons (Fsp3) is 0.480. The van der Waals surface area contributed by atoms with E-state index in [2.05, 4.69) is 4.98 Å². The van der Waals surface area contributed by atoms with Crippen LogP contribution < -0.4 is 9.47 Å². The molecule has 0 aliphatic heterocycles. The van der Waals surface area contributed by atoms with Gasteiger partial charge >= 0.3 is 5.97 Å². The van der Waals surface area contributed by atoms with Crippen LogP contribution in [0.15, 0.2) is 30.5 Å². The highest BCUT2D eigenvalue weighted by atomic mass is 35.5. The van der Waals surface area contributed by atoms with Crippen molar-refractivity contribution in [2.75, 3.05) is 7.11 Å². The molecule has 0 unspecified atom stereocenters. The second-order valence-corrected chi connectivity index (χ2v) is 8.58. The van der Waals surface area contributed by atoms with Crippen molar-refractivity contribution in [3.05, 3.63) is 47.0 Å². The van der Waals surface area contributed by atoms with Crippen LogP contribution in [0.2, 0.25) is 5.02 Å². The SMILES string of the molecule is CCC(CC)[C@@H](Oc1cc(F)cc(Cl)c1)[C@H](C)OC(=O)[C@H](C)CC(=O)c1nccc(OC)c1O. The van der Waals surface area contributed by atoms with E-state index in [-0.39, 0.29) is 40.3 Å². The highest BCUT2D eigenvalue weighted by molar-refractivity contribution is 6.30. The summed E-state index contributed by atoms with van der Waals surface area (Å²) in [5.74, 6) is -2.43. The maximum Gasteiger partial charge on any atom is 0.309 e. The molecular weight excluding hydrogens is 465 g/mol. The fourth-order valence-corrected chi connectivity index (χ4v) is 3.92.